The maximum Gasteiger partial charge on any atom is 0.156 e. The Morgan fingerprint density at radius 2 is 1.96 bits per heavy atom. The highest BCUT2D eigenvalue weighted by atomic mass is 16.1. The van der Waals surface area contributed by atoms with Crippen molar-refractivity contribution in [3.8, 4) is 12.3 Å². The van der Waals surface area contributed by atoms with Crippen molar-refractivity contribution in [1.29, 1.82) is 0 Å². The molecule has 0 bridgehead atoms. The van der Waals surface area contributed by atoms with Crippen LogP contribution < -0.4 is 0 Å². The van der Waals surface area contributed by atoms with Crippen molar-refractivity contribution in [1.82, 2.24) is 0 Å². The lowest BCUT2D eigenvalue weighted by molar-refractivity contribution is -0.129. The summed E-state index contributed by atoms with van der Waals surface area (Å²) in [6, 6.07) is 0. The maximum atomic E-state index is 12.2. The topological polar surface area (TPSA) is 34.1 Å². The average Bonchev–Trinajstić information content (AvgIpc) is 2.92. The largest absolute Gasteiger partial charge is 0.300 e. The molecule has 1 unspecified atom stereocenters. The minimum Gasteiger partial charge on any atom is -0.300 e. The molecule has 0 aromatic carbocycles. The van der Waals surface area contributed by atoms with E-state index in [2.05, 4.69) is 19.8 Å². The Morgan fingerprint density at radius 3 is 2.64 bits per heavy atom. The van der Waals surface area contributed by atoms with Crippen LogP contribution in [0.15, 0.2) is 11.6 Å². The van der Waals surface area contributed by atoms with Crippen molar-refractivity contribution < 1.29 is 9.59 Å². The zero-order valence-electron chi connectivity index (χ0n) is 15.8. The Morgan fingerprint density at radius 1 is 1.20 bits per heavy atom. The van der Waals surface area contributed by atoms with E-state index in [0.29, 0.717) is 30.0 Å². The van der Waals surface area contributed by atoms with Crippen molar-refractivity contribution >= 4 is 11.6 Å². The van der Waals surface area contributed by atoms with Gasteiger partial charge in [0.2, 0.25) is 0 Å². The fourth-order valence-electron chi connectivity index (χ4n) is 7.54. The van der Waals surface area contributed by atoms with Gasteiger partial charge >= 0.3 is 0 Å². The first-order valence-electron chi connectivity index (χ1n) is 10.0. The van der Waals surface area contributed by atoms with Crippen LogP contribution in [0.3, 0.4) is 0 Å². The highest BCUT2D eigenvalue weighted by Crippen LogP contribution is 2.67. The summed E-state index contributed by atoms with van der Waals surface area (Å²) in [6.45, 7) is 6.50. The number of hydrogen-bond donors (Lipinski definition) is 0. The molecule has 7 atom stereocenters. The number of allylic oxidation sites excluding steroid dienone is 1. The summed E-state index contributed by atoms with van der Waals surface area (Å²) in [5.74, 6) is 5.76. The summed E-state index contributed by atoms with van der Waals surface area (Å²) < 4.78 is 0. The fourth-order valence-corrected chi connectivity index (χ4v) is 7.54. The lowest BCUT2D eigenvalue weighted by Crippen LogP contribution is -2.53. The van der Waals surface area contributed by atoms with Crippen LogP contribution in [0.4, 0.5) is 0 Å². The van der Waals surface area contributed by atoms with E-state index in [1.807, 2.05) is 6.08 Å². The third-order valence-corrected chi connectivity index (χ3v) is 8.80. The van der Waals surface area contributed by atoms with E-state index in [4.69, 9.17) is 6.42 Å². The second kappa shape index (κ2) is 5.57. The molecule has 0 spiro atoms. The predicted octanol–water partition coefficient (Wildman–Crippen LogP) is 4.58. The first-order valence-corrected chi connectivity index (χ1v) is 10.0. The van der Waals surface area contributed by atoms with Crippen LogP contribution in [0.25, 0.3) is 0 Å². The Labute approximate surface area is 151 Å². The number of hydrogen-bond acceptors (Lipinski definition) is 2. The Hall–Kier alpha value is -1.36. The van der Waals surface area contributed by atoms with Gasteiger partial charge in [-0.05, 0) is 74.7 Å². The lowest BCUT2D eigenvalue weighted by Gasteiger charge is -2.59. The molecule has 2 nitrogen and oxygen atoms in total. The number of terminal acetylenes is 1. The highest BCUT2D eigenvalue weighted by Gasteiger charge is 2.61. The number of rotatable bonds is 1. The molecule has 0 aliphatic heterocycles. The van der Waals surface area contributed by atoms with Gasteiger partial charge in [0.25, 0.3) is 0 Å². The van der Waals surface area contributed by atoms with Gasteiger partial charge in [0.05, 0.1) is 0 Å². The number of ketones is 2. The van der Waals surface area contributed by atoms with Crippen molar-refractivity contribution in [3.05, 3.63) is 11.6 Å². The van der Waals surface area contributed by atoms with Crippen LogP contribution in [0, 0.1) is 52.8 Å². The first kappa shape index (κ1) is 17.1. The summed E-state index contributed by atoms with van der Waals surface area (Å²) >= 11 is 0. The van der Waals surface area contributed by atoms with E-state index in [0.717, 1.165) is 25.7 Å². The van der Waals surface area contributed by atoms with E-state index in [1.54, 1.807) is 6.92 Å². The smallest absolute Gasteiger partial charge is 0.156 e. The van der Waals surface area contributed by atoms with Crippen molar-refractivity contribution in [2.45, 2.75) is 65.7 Å². The Bertz CT molecular complexity index is 695. The van der Waals surface area contributed by atoms with Gasteiger partial charge < -0.3 is 0 Å². The molecule has 0 heterocycles. The van der Waals surface area contributed by atoms with Crippen LogP contribution in [0.2, 0.25) is 0 Å². The Balaban J connectivity index is 1.72. The van der Waals surface area contributed by atoms with E-state index in [1.165, 1.54) is 18.4 Å². The van der Waals surface area contributed by atoms with Gasteiger partial charge in [-0.3, -0.25) is 9.59 Å². The Kier molecular flexibility index (Phi) is 3.80. The summed E-state index contributed by atoms with van der Waals surface area (Å²) in [4.78, 5) is 24.4. The molecule has 0 amide bonds. The van der Waals surface area contributed by atoms with Gasteiger partial charge in [-0.25, -0.2) is 0 Å². The summed E-state index contributed by atoms with van der Waals surface area (Å²) in [5, 5.41) is 0. The van der Waals surface area contributed by atoms with Gasteiger partial charge in [0, 0.05) is 23.7 Å². The van der Waals surface area contributed by atoms with Gasteiger partial charge in [0.15, 0.2) is 5.78 Å². The third-order valence-electron chi connectivity index (χ3n) is 8.80. The SMILES string of the molecule is C#CC1CC(=O)C=C2CC[C@H]3[C@@H]4CC[C@H](C(C)=O)[C@@]4(C)CC[C@@H]3[C@@]21C. The first-order chi connectivity index (χ1) is 11.8. The lowest BCUT2D eigenvalue weighted by atomic mass is 9.45. The molecule has 0 radical (unpaired) electrons. The summed E-state index contributed by atoms with van der Waals surface area (Å²) in [5.41, 5.74) is 1.49. The number of carbonyl (C=O) groups excluding carboxylic acids is 2. The van der Waals surface area contributed by atoms with Crippen molar-refractivity contribution in [3.63, 3.8) is 0 Å². The molecule has 134 valence electrons. The van der Waals surface area contributed by atoms with Crippen LogP contribution in [0.5, 0.6) is 0 Å². The van der Waals surface area contributed by atoms with E-state index in [-0.39, 0.29) is 28.4 Å². The predicted molar refractivity (Wildman–Crippen MR) is 98.6 cm³/mol. The van der Waals surface area contributed by atoms with Crippen LogP contribution in [-0.2, 0) is 9.59 Å². The van der Waals surface area contributed by atoms with Crippen LogP contribution >= 0.6 is 0 Å². The molecule has 0 N–H and O–H groups in total. The van der Waals surface area contributed by atoms with E-state index in [9.17, 15) is 9.59 Å². The number of carbonyl (C=O) groups is 2. The number of fused-ring (bicyclic) bond motifs is 5. The number of Topliss-reactive ketones (excluding diaryl/α,β-unsaturated/α-hetero) is 1. The van der Waals surface area contributed by atoms with Crippen molar-refractivity contribution in [2.24, 2.45) is 40.4 Å². The summed E-state index contributed by atoms with van der Waals surface area (Å²) in [6.07, 6.45) is 15.1. The molecule has 4 aliphatic carbocycles. The molecule has 0 aromatic heterocycles. The fraction of sp³-hybridized carbons (Fsp3) is 0.739. The molecule has 0 aromatic rings. The van der Waals surface area contributed by atoms with Crippen LogP contribution in [0.1, 0.15) is 65.7 Å². The van der Waals surface area contributed by atoms with E-state index < -0.39 is 0 Å². The molecule has 3 fully saturated rings. The molecule has 4 aliphatic rings. The standard InChI is InChI=1S/C23H30O2/c1-5-15-12-17(25)13-16-6-7-18-20-9-8-19(14(2)24)22(20,3)11-10-21(18)23(15,16)4/h1,13,15,18-21H,6-12H2,2-4H3/t15?,18-,19+,20-,21-,22+,23+/m0/s1. The molecular weight excluding hydrogens is 308 g/mol. The second-order valence-electron chi connectivity index (χ2n) is 9.54. The molecule has 25 heavy (non-hydrogen) atoms. The molecule has 3 saturated carbocycles. The molecule has 4 rings (SSSR count). The average molecular weight is 338 g/mol. The molecule has 2 heteroatoms. The van der Waals surface area contributed by atoms with E-state index >= 15 is 0 Å². The summed E-state index contributed by atoms with van der Waals surface area (Å²) in [7, 11) is 0. The monoisotopic (exact) mass is 338 g/mol. The molecule has 0 saturated heterocycles. The van der Waals surface area contributed by atoms with Crippen LogP contribution in [-0.4, -0.2) is 11.6 Å². The van der Waals surface area contributed by atoms with Gasteiger partial charge in [0.1, 0.15) is 5.78 Å². The minimum atomic E-state index is -0.0127. The normalized spacial score (nSPS) is 48.6. The van der Waals surface area contributed by atoms with Crippen molar-refractivity contribution in [2.75, 3.05) is 0 Å². The van der Waals surface area contributed by atoms with Gasteiger partial charge in [-0.15, -0.1) is 12.3 Å². The zero-order chi connectivity index (χ0) is 18.0. The quantitative estimate of drug-likeness (QED) is 0.656. The van der Waals surface area contributed by atoms with Gasteiger partial charge in [-0.2, -0.15) is 0 Å². The van der Waals surface area contributed by atoms with Gasteiger partial charge in [-0.1, -0.05) is 19.4 Å². The maximum absolute atomic E-state index is 12.2. The molecular formula is C23H30O2. The zero-order valence-corrected chi connectivity index (χ0v) is 15.8. The minimum absolute atomic E-state index is 0.0127. The highest BCUT2D eigenvalue weighted by molar-refractivity contribution is 5.92. The second-order valence-corrected chi connectivity index (χ2v) is 9.54. The third kappa shape index (κ3) is 2.17.